The number of aromatic nitrogens is 2. The lowest BCUT2D eigenvalue weighted by Gasteiger charge is -2.13. The molecule has 0 saturated carbocycles. The molecule has 3 rings (SSSR count). The number of rotatable bonds is 11. The van der Waals surface area contributed by atoms with Crippen LogP contribution in [0.1, 0.15) is 48.3 Å². The lowest BCUT2D eigenvalue weighted by molar-refractivity contribution is 0.0952. The molecule has 0 saturated heterocycles. The summed E-state index contributed by atoms with van der Waals surface area (Å²) in [7, 11) is 1.54. The maximum absolute atomic E-state index is 13.2. The van der Waals surface area contributed by atoms with Crippen molar-refractivity contribution >= 4 is 11.7 Å². The molecule has 0 aliphatic carbocycles. The van der Waals surface area contributed by atoms with Gasteiger partial charge >= 0.3 is 0 Å². The zero-order chi connectivity index (χ0) is 25.4. The fourth-order valence-corrected chi connectivity index (χ4v) is 3.45. The predicted octanol–water partition coefficient (Wildman–Crippen LogP) is 4.26. The first-order valence-electron chi connectivity index (χ1n) is 11.5. The summed E-state index contributed by atoms with van der Waals surface area (Å²) in [5, 5.41) is 16.8. The number of benzene rings is 2. The zero-order valence-electron chi connectivity index (χ0n) is 20.2. The Morgan fingerprint density at radius 3 is 2.63 bits per heavy atom. The van der Waals surface area contributed by atoms with Gasteiger partial charge in [-0.15, -0.1) is 0 Å². The summed E-state index contributed by atoms with van der Waals surface area (Å²) in [6.45, 7) is 5.20. The number of hydrogen-bond donors (Lipinski definition) is 2. The van der Waals surface area contributed by atoms with Crippen LogP contribution in [0.25, 0.3) is 5.69 Å². The number of halogens is 1. The number of nitrogens with zero attached hydrogens (tertiary/aromatic N) is 3. The van der Waals surface area contributed by atoms with Crippen molar-refractivity contribution in [3.8, 4) is 23.3 Å². The number of aryl methyl sites for hydroxylation is 1. The fraction of sp³-hybridized carbons (Fsp3) is 0.346. The SMILES string of the molecule is COc1cc(C(=O)NCCCc2nn(-c3ccc(F)cc3)c(N)c2C#N)ccc1OCCC(C)C. The molecule has 0 atom stereocenters. The van der Waals surface area contributed by atoms with Gasteiger partial charge < -0.3 is 20.5 Å². The van der Waals surface area contributed by atoms with Gasteiger partial charge in [-0.05, 0) is 67.6 Å². The molecule has 35 heavy (non-hydrogen) atoms. The second kappa shape index (κ2) is 11.9. The molecule has 2 aromatic carbocycles. The molecule has 0 spiro atoms. The van der Waals surface area contributed by atoms with Crippen molar-refractivity contribution in [2.75, 3.05) is 26.0 Å². The second-order valence-corrected chi connectivity index (χ2v) is 8.46. The van der Waals surface area contributed by atoms with Crippen molar-refractivity contribution in [2.24, 2.45) is 5.92 Å². The number of hydrogen-bond acceptors (Lipinski definition) is 6. The average Bonchev–Trinajstić information content (AvgIpc) is 3.17. The van der Waals surface area contributed by atoms with E-state index in [-0.39, 0.29) is 23.1 Å². The lowest BCUT2D eigenvalue weighted by Crippen LogP contribution is -2.24. The van der Waals surface area contributed by atoms with Gasteiger partial charge in [-0.1, -0.05) is 13.8 Å². The number of carbonyl (C=O) groups is 1. The average molecular weight is 480 g/mol. The second-order valence-electron chi connectivity index (χ2n) is 8.46. The number of methoxy groups -OCH3 is 1. The van der Waals surface area contributed by atoms with E-state index < -0.39 is 0 Å². The molecule has 1 amide bonds. The van der Waals surface area contributed by atoms with Crippen molar-refractivity contribution in [3.05, 3.63) is 65.1 Å². The molecule has 184 valence electrons. The van der Waals surface area contributed by atoms with Gasteiger partial charge in [-0.3, -0.25) is 4.79 Å². The van der Waals surface area contributed by atoms with Crippen LogP contribution < -0.4 is 20.5 Å². The van der Waals surface area contributed by atoms with Gasteiger partial charge in [0.05, 0.1) is 25.1 Å². The van der Waals surface area contributed by atoms with E-state index in [1.54, 1.807) is 30.3 Å². The van der Waals surface area contributed by atoms with Crippen molar-refractivity contribution < 1.29 is 18.7 Å². The Morgan fingerprint density at radius 2 is 1.97 bits per heavy atom. The number of nitrogens with two attached hydrogens (primary N) is 1. The van der Waals surface area contributed by atoms with Gasteiger partial charge in [0.1, 0.15) is 23.3 Å². The third-order valence-electron chi connectivity index (χ3n) is 5.43. The third kappa shape index (κ3) is 6.51. The smallest absolute Gasteiger partial charge is 0.251 e. The number of anilines is 1. The summed E-state index contributed by atoms with van der Waals surface area (Å²) >= 11 is 0. The molecule has 3 N–H and O–H groups in total. The Bertz CT molecular complexity index is 1200. The number of amides is 1. The zero-order valence-corrected chi connectivity index (χ0v) is 20.2. The highest BCUT2D eigenvalue weighted by Gasteiger charge is 2.17. The standard InChI is InChI=1S/C26H30FN5O3/c1-17(2)12-14-35-23-11-6-18(15-24(23)34-3)26(33)30-13-4-5-22-21(16-28)25(29)32(31-22)20-9-7-19(27)8-10-20/h6-11,15,17H,4-5,12-14,29H2,1-3H3,(H,30,33). The van der Waals surface area contributed by atoms with Crippen LogP contribution in [-0.2, 0) is 6.42 Å². The number of nitrogen functional groups attached to an aromatic ring is 1. The summed E-state index contributed by atoms with van der Waals surface area (Å²) in [4.78, 5) is 12.6. The van der Waals surface area contributed by atoms with Crippen LogP contribution in [0.2, 0.25) is 0 Å². The summed E-state index contributed by atoms with van der Waals surface area (Å²) in [6, 6.07) is 12.9. The predicted molar refractivity (Wildman–Crippen MR) is 131 cm³/mol. The minimum atomic E-state index is -0.373. The number of nitriles is 1. The number of ether oxygens (including phenoxy) is 2. The van der Waals surface area contributed by atoms with Gasteiger partial charge in [-0.25, -0.2) is 9.07 Å². The van der Waals surface area contributed by atoms with E-state index in [0.29, 0.717) is 60.4 Å². The lowest BCUT2D eigenvalue weighted by atomic mass is 10.1. The van der Waals surface area contributed by atoms with E-state index in [1.807, 2.05) is 0 Å². The minimum Gasteiger partial charge on any atom is -0.493 e. The Morgan fingerprint density at radius 1 is 1.23 bits per heavy atom. The van der Waals surface area contributed by atoms with Crippen molar-refractivity contribution in [3.63, 3.8) is 0 Å². The quantitative estimate of drug-likeness (QED) is 0.397. The minimum absolute atomic E-state index is 0.195. The molecule has 0 aliphatic rings. The fourth-order valence-electron chi connectivity index (χ4n) is 3.45. The molecule has 9 heteroatoms. The van der Waals surface area contributed by atoms with E-state index in [4.69, 9.17) is 15.2 Å². The maximum atomic E-state index is 13.2. The first-order chi connectivity index (χ1) is 16.8. The van der Waals surface area contributed by atoms with Crippen molar-refractivity contribution in [1.82, 2.24) is 15.1 Å². The first-order valence-corrected chi connectivity index (χ1v) is 11.5. The van der Waals surface area contributed by atoms with Crippen LogP contribution in [0.5, 0.6) is 11.5 Å². The highest BCUT2D eigenvalue weighted by atomic mass is 19.1. The summed E-state index contributed by atoms with van der Waals surface area (Å²) < 4.78 is 25.8. The highest BCUT2D eigenvalue weighted by Crippen LogP contribution is 2.28. The Hall–Kier alpha value is -4.06. The molecule has 3 aromatic rings. The van der Waals surface area contributed by atoms with Crippen LogP contribution in [0, 0.1) is 23.1 Å². The van der Waals surface area contributed by atoms with Gasteiger partial charge in [0, 0.05) is 12.1 Å². The van der Waals surface area contributed by atoms with Crippen molar-refractivity contribution in [2.45, 2.75) is 33.1 Å². The van der Waals surface area contributed by atoms with Crippen LogP contribution in [0.3, 0.4) is 0 Å². The maximum Gasteiger partial charge on any atom is 0.251 e. The molecule has 1 heterocycles. The topological polar surface area (TPSA) is 115 Å². The Kier molecular flexibility index (Phi) is 8.68. The van der Waals surface area contributed by atoms with E-state index >= 15 is 0 Å². The molecule has 0 fully saturated rings. The molecule has 8 nitrogen and oxygen atoms in total. The van der Waals surface area contributed by atoms with Gasteiger partial charge in [0.2, 0.25) is 0 Å². The molecular formula is C26H30FN5O3. The van der Waals surface area contributed by atoms with Gasteiger partial charge in [-0.2, -0.15) is 10.4 Å². The van der Waals surface area contributed by atoms with Gasteiger partial charge in [0.25, 0.3) is 5.91 Å². The van der Waals surface area contributed by atoms with E-state index in [9.17, 15) is 14.4 Å². The monoisotopic (exact) mass is 479 g/mol. The largest absolute Gasteiger partial charge is 0.493 e. The summed E-state index contributed by atoms with van der Waals surface area (Å²) in [6.07, 6.45) is 1.91. The molecule has 0 aliphatic heterocycles. The Balaban J connectivity index is 1.58. The normalized spacial score (nSPS) is 10.7. The van der Waals surface area contributed by atoms with E-state index in [0.717, 1.165) is 6.42 Å². The molecule has 0 radical (unpaired) electrons. The van der Waals surface area contributed by atoms with Crippen LogP contribution in [-0.4, -0.2) is 35.9 Å². The molecular weight excluding hydrogens is 449 g/mol. The van der Waals surface area contributed by atoms with Gasteiger partial charge in [0.15, 0.2) is 11.5 Å². The van der Waals surface area contributed by atoms with E-state index in [2.05, 4.69) is 30.3 Å². The molecule has 0 bridgehead atoms. The summed E-state index contributed by atoms with van der Waals surface area (Å²) in [5.74, 6) is 1.21. The van der Waals surface area contributed by atoms with E-state index in [1.165, 1.54) is 23.9 Å². The van der Waals surface area contributed by atoms with Crippen molar-refractivity contribution in [1.29, 1.82) is 5.26 Å². The number of carbonyl (C=O) groups excluding carboxylic acids is 1. The third-order valence-corrected chi connectivity index (χ3v) is 5.43. The molecule has 0 unspecified atom stereocenters. The number of nitrogens with one attached hydrogen (secondary N) is 1. The molecule has 1 aromatic heterocycles. The Labute approximate surface area is 204 Å². The highest BCUT2D eigenvalue weighted by molar-refractivity contribution is 5.94. The first kappa shape index (κ1) is 25.6. The van der Waals surface area contributed by atoms with Crippen LogP contribution in [0.15, 0.2) is 42.5 Å². The summed E-state index contributed by atoms with van der Waals surface area (Å²) in [5.41, 5.74) is 7.91. The van der Waals surface area contributed by atoms with Crippen LogP contribution in [0.4, 0.5) is 10.2 Å². The van der Waals surface area contributed by atoms with Crippen LogP contribution >= 0.6 is 0 Å².